The molecule has 1 aromatic heterocycles. The van der Waals surface area contributed by atoms with Gasteiger partial charge < -0.3 is 10.2 Å². The van der Waals surface area contributed by atoms with Gasteiger partial charge in [0.15, 0.2) is 0 Å². The van der Waals surface area contributed by atoms with Crippen LogP contribution in [0.4, 0.5) is 16.3 Å². The predicted molar refractivity (Wildman–Crippen MR) is 93.1 cm³/mol. The second-order valence-electron chi connectivity index (χ2n) is 6.01. The Kier molecular flexibility index (Phi) is 4.46. The normalized spacial score (nSPS) is 17.0. The Hall–Kier alpha value is -2.89. The maximum absolute atomic E-state index is 12.2. The lowest BCUT2D eigenvalue weighted by molar-refractivity contribution is -0.117. The molecule has 2 heterocycles. The maximum Gasteiger partial charge on any atom is 0.320 e. The molecule has 6 nitrogen and oxygen atoms in total. The van der Waals surface area contributed by atoms with Gasteiger partial charge >= 0.3 is 6.03 Å². The van der Waals surface area contributed by atoms with Crippen LogP contribution < -0.4 is 15.5 Å². The highest BCUT2D eigenvalue weighted by Gasteiger charge is 2.31. The van der Waals surface area contributed by atoms with E-state index in [1.165, 1.54) is 0 Å². The van der Waals surface area contributed by atoms with E-state index in [1.54, 1.807) is 11.1 Å². The third-order valence-electron chi connectivity index (χ3n) is 4.05. The molecule has 0 aliphatic carbocycles. The number of benzene rings is 1. The summed E-state index contributed by atoms with van der Waals surface area (Å²) in [5.74, 6) is 0.535. The van der Waals surface area contributed by atoms with Crippen LogP contribution in [-0.2, 0) is 4.79 Å². The Balaban J connectivity index is 1.61. The molecule has 0 saturated carbocycles. The molecule has 0 radical (unpaired) electrons. The van der Waals surface area contributed by atoms with E-state index in [0.717, 1.165) is 16.8 Å². The number of urea groups is 1. The van der Waals surface area contributed by atoms with Crippen molar-refractivity contribution in [3.63, 3.8) is 0 Å². The number of carbonyl (C=O) groups excluding carboxylic acids is 2. The van der Waals surface area contributed by atoms with Gasteiger partial charge in [0.1, 0.15) is 5.82 Å². The zero-order chi connectivity index (χ0) is 17.1. The van der Waals surface area contributed by atoms with E-state index in [-0.39, 0.29) is 18.0 Å². The van der Waals surface area contributed by atoms with Crippen LogP contribution in [0.15, 0.2) is 42.6 Å². The summed E-state index contributed by atoms with van der Waals surface area (Å²) in [6.07, 6.45) is 1.92. The fraction of sp³-hybridized carbons (Fsp3) is 0.278. The number of carbonyl (C=O) groups is 2. The molecule has 24 heavy (non-hydrogen) atoms. The molecule has 1 atom stereocenters. The van der Waals surface area contributed by atoms with Crippen LogP contribution in [-0.4, -0.2) is 29.5 Å². The van der Waals surface area contributed by atoms with Crippen molar-refractivity contribution in [1.29, 1.82) is 0 Å². The van der Waals surface area contributed by atoms with Crippen LogP contribution in [0.5, 0.6) is 0 Å². The Morgan fingerprint density at radius 2 is 1.96 bits per heavy atom. The summed E-state index contributed by atoms with van der Waals surface area (Å²) in [6.45, 7) is 4.35. The first kappa shape index (κ1) is 16.0. The quantitative estimate of drug-likeness (QED) is 0.911. The third-order valence-corrected chi connectivity index (χ3v) is 4.05. The number of amides is 3. The van der Waals surface area contributed by atoms with Crippen LogP contribution in [0, 0.1) is 13.8 Å². The van der Waals surface area contributed by atoms with E-state index in [1.807, 2.05) is 50.2 Å². The summed E-state index contributed by atoms with van der Waals surface area (Å²) in [6, 6.07) is 10.9. The van der Waals surface area contributed by atoms with Crippen molar-refractivity contribution in [2.45, 2.75) is 26.3 Å². The lowest BCUT2D eigenvalue weighted by Gasteiger charge is -2.17. The van der Waals surface area contributed by atoms with Crippen molar-refractivity contribution in [2.24, 2.45) is 0 Å². The van der Waals surface area contributed by atoms with Gasteiger partial charge in [-0.25, -0.2) is 9.78 Å². The molecule has 2 N–H and O–H groups in total. The summed E-state index contributed by atoms with van der Waals surface area (Å²) in [7, 11) is 0. The zero-order valence-electron chi connectivity index (χ0n) is 13.7. The molecule has 6 heteroatoms. The molecular formula is C18H20N4O2. The maximum atomic E-state index is 12.2. The van der Waals surface area contributed by atoms with Gasteiger partial charge in [-0.3, -0.25) is 10.1 Å². The predicted octanol–water partition coefficient (Wildman–Crippen LogP) is 2.63. The second-order valence-corrected chi connectivity index (χ2v) is 6.01. The zero-order valence-corrected chi connectivity index (χ0v) is 13.7. The second kappa shape index (κ2) is 6.70. The highest BCUT2D eigenvalue weighted by Crippen LogP contribution is 2.22. The van der Waals surface area contributed by atoms with E-state index in [0.29, 0.717) is 18.8 Å². The summed E-state index contributed by atoms with van der Waals surface area (Å²) >= 11 is 0. The Morgan fingerprint density at radius 3 is 2.67 bits per heavy atom. The van der Waals surface area contributed by atoms with Gasteiger partial charge in [0, 0.05) is 24.8 Å². The molecule has 3 amide bonds. The lowest BCUT2D eigenvalue weighted by atomic mass is 10.2. The standard InChI is InChI=1S/C18H20N4O2/c1-12-5-7-15(8-6-12)22-11-14(10-16(22)23)20-18(24)21-17-13(2)4-3-9-19-17/h3-9,14H,10-11H2,1-2H3,(H2,19,20,21,24)/t14-/m1/s1. The van der Waals surface area contributed by atoms with E-state index in [4.69, 9.17) is 0 Å². The van der Waals surface area contributed by atoms with Crippen LogP contribution in [0.1, 0.15) is 17.5 Å². The van der Waals surface area contributed by atoms with Crippen molar-refractivity contribution in [3.05, 3.63) is 53.7 Å². The largest absolute Gasteiger partial charge is 0.333 e. The van der Waals surface area contributed by atoms with Gasteiger partial charge in [0.05, 0.1) is 6.04 Å². The highest BCUT2D eigenvalue weighted by atomic mass is 16.2. The van der Waals surface area contributed by atoms with Gasteiger partial charge in [-0.1, -0.05) is 23.8 Å². The van der Waals surface area contributed by atoms with Crippen molar-refractivity contribution in [2.75, 3.05) is 16.8 Å². The SMILES string of the molecule is Cc1ccc(N2C[C@H](NC(=O)Nc3ncccc3C)CC2=O)cc1. The van der Waals surface area contributed by atoms with Gasteiger partial charge in [-0.15, -0.1) is 0 Å². The van der Waals surface area contributed by atoms with Gasteiger partial charge in [0.25, 0.3) is 0 Å². The third kappa shape index (κ3) is 3.53. The molecule has 3 rings (SSSR count). The number of pyridine rings is 1. The van der Waals surface area contributed by atoms with Gasteiger partial charge in [-0.05, 0) is 37.6 Å². The van der Waals surface area contributed by atoms with Crippen LogP contribution in [0.3, 0.4) is 0 Å². The molecule has 1 aliphatic heterocycles. The summed E-state index contributed by atoms with van der Waals surface area (Å²) in [5, 5.41) is 5.57. The molecule has 1 aromatic carbocycles. The Bertz CT molecular complexity index is 758. The molecule has 0 unspecified atom stereocenters. The minimum Gasteiger partial charge on any atom is -0.333 e. The minimum absolute atomic E-state index is 0.0122. The number of nitrogens with zero attached hydrogens (tertiary/aromatic N) is 2. The average Bonchev–Trinajstić information content (AvgIpc) is 2.90. The number of nitrogens with one attached hydrogen (secondary N) is 2. The Labute approximate surface area is 140 Å². The van der Waals surface area contributed by atoms with E-state index < -0.39 is 0 Å². The van der Waals surface area contributed by atoms with Crippen LogP contribution >= 0.6 is 0 Å². The fourth-order valence-corrected chi connectivity index (χ4v) is 2.72. The first-order chi connectivity index (χ1) is 11.5. The fourth-order valence-electron chi connectivity index (χ4n) is 2.72. The monoisotopic (exact) mass is 324 g/mol. The van der Waals surface area contributed by atoms with Crippen LogP contribution in [0.25, 0.3) is 0 Å². The smallest absolute Gasteiger partial charge is 0.320 e. The number of rotatable bonds is 3. The summed E-state index contributed by atoms with van der Waals surface area (Å²) < 4.78 is 0. The van der Waals surface area contributed by atoms with Crippen molar-refractivity contribution >= 4 is 23.4 Å². The average molecular weight is 324 g/mol. The summed E-state index contributed by atoms with van der Waals surface area (Å²) in [5.41, 5.74) is 2.89. The van der Waals surface area contributed by atoms with Crippen molar-refractivity contribution in [3.8, 4) is 0 Å². The number of aryl methyl sites for hydroxylation is 2. The molecular weight excluding hydrogens is 304 g/mol. The molecule has 0 spiro atoms. The molecule has 1 fully saturated rings. The molecule has 2 aromatic rings. The lowest BCUT2D eigenvalue weighted by Crippen LogP contribution is -2.40. The molecule has 0 bridgehead atoms. The van der Waals surface area contributed by atoms with Gasteiger partial charge in [0.2, 0.25) is 5.91 Å². The highest BCUT2D eigenvalue weighted by molar-refractivity contribution is 5.97. The Morgan fingerprint density at radius 1 is 1.21 bits per heavy atom. The summed E-state index contributed by atoms with van der Waals surface area (Å²) in [4.78, 5) is 30.2. The number of anilines is 2. The van der Waals surface area contributed by atoms with Crippen molar-refractivity contribution in [1.82, 2.24) is 10.3 Å². The number of hydrogen-bond donors (Lipinski definition) is 2. The first-order valence-corrected chi connectivity index (χ1v) is 7.89. The molecule has 124 valence electrons. The van der Waals surface area contributed by atoms with E-state index in [2.05, 4.69) is 15.6 Å². The number of aromatic nitrogens is 1. The van der Waals surface area contributed by atoms with E-state index in [9.17, 15) is 9.59 Å². The number of hydrogen-bond acceptors (Lipinski definition) is 3. The van der Waals surface area contributed by atoms with E-state index >= 15 is 0 Å². The molecule has 1 aliphatic rings. The topological polar surface area (TPSA) is 74.3 Å². The minimum atomic E-state index is -0.347. The molecule has 1 saturated heterocycles. The van der Waals surface area contributed by atoms with Crippen LogP contribution in [0.2, 0.25) is 0 Å². The first-order valence-electron chi connectivity index (χ1n) is 7.89. The van der Waals surface area contributed by atoms with Gasteiger partial charge in [-0.2, -0.15) is 0 Å². The van der Waals surface area contributed by atoms with Crippen molar-refractivity contribution < 1.29 is 9.59 Å².